The molecule has 0 bridgehead atoms. The first-order chi connectivity index (χ1) is 13.2. The first-order valence-corrected chi connectivity index (χ1v) is 9.88. The highest BCUT2D eigenvalue weighted by molar-refractivity contribution is 6.30. The molecule has 0 spiro atoms. The molecule has 0 radical (unpaired) electrons. The average molecular weight is 387 g/mol. The van der Waals surface area contributed by atoms with Gasteiger partial charge >= 0.3 is 0 Å². The lowest BCUT2D eigenvalue weighted by Gasteiger charge is -2.38. The molecule has 1 heterocycles. The molecule has 1 fully saturated rings. The Balaban J connectivity index is 1.61. The highest BCUT2D eigenvalue weighted by atomic mass is 35.5. The van der Waals surface area contributed by atoms with Crippen molar-refractivity contribution in [3.05, 3.63) is 65.2 Å². The Labute approximate surface area is 166 Å². The van der Waals surface area contributed by atoms with E-state index in [0.29, 0.717) is 5.02 Å². The maximum atomic E-state index is 12.7. The lowest BCUT2D eigenvalue weighted by atomic mass is 10.0. The predicted octanol–water partition coefficient (Wildman–Crippen LogP) is 4.03. The molecule has 1 amide bonds. The SMILES string of the molecule is COCC(=O)N(c1cccc(Cl)c1)C1CCN(CCc2ccccc2)CC1. The van der Waals surface area contributed by atoms with Gasteiger partial charge in [0.1, 0.15) is 6.61 Å². The fourth-order valence-electron chi connectivity index (χ4n) is 3.71. The van der Waals surface area contributed by atoms with E-state index in [-0.39, 0.29) is 18.6 Å². The van der Waals surface area contributed by atoms with Crippen molar-refractivity contribution in [1.29, 1.82) is 0 Å². The molecular weight excluding hydrogens is 360 g/mol. The number of methoxy groups -OCH3 is 1. The summed E-state index contributed by atoms with van der Waals surface area (Å²) in [4.78, 5) is 17.1. The third-order valence-corrected chi connectivity index (χ3v) is 5.34. The number of carbonyl (C=O) groups is 1. The standard InChI is InChI=1S/C22H27ClN2O2/c1-27-17-22(26)25(21-9-5-8-19(23)16-21)20-11-14-24(15-12-20)13-10-18-6-3-2-4-7-18/h2-9,16,20H,10-15,17H2,1H3. The number of amides is 1. The Hall–Kier alpha value is -1.88. The van der Waals surface area contributed by atoms with Gasteiger partial charge in [-0.25, -0.2) is 0 Å². The molecular formula is C22H27ClN2O2. The smallest absolute Gasteiger partial charge is 0.253 e. The van der Waals surface area contributed by atoms with Gasteiger partial charge in [-0.15, -0.1) is 0 Å². The van der Waals surface area contributed by atoms with Gasteiger partial charge in [-0.2, -0.15) is 0 Å². The van der Waals surface area contributed by atoms with E-state index in [0.717, 1.165) is 44.6 Å². The average Bonchev–Trinajstić information content (AvgIpc) is 2.69. The number of likely N-dealkylation sites (tertiary alicyclic amines) is 1. The van der Waals surface area contributed by atoms with Gasteiger partial charge in [0.2, 0.25) is 0 Å². The minimum absolute atomic E-state index is 0.0116. The third kappa shape index (κ3) is 5.55. The first kappa shape index (κ1) is 19.9. The van der Waals surface area contributed by atoms with Gasteiger partial charge in [-0.05, 0) is 43.0 Å². The van der Waals surface area contributed by atoms with Crippen molar-refractivity contribution in [3.63, 3.8) is 0 Å². The van der Waals surface area contributed by atoms with E-state index in [9.17, 15) is 4.79 Å². The van der Waals surface area contributed by atoms with E-state index in [1.54, 1.807) is 7.11 Å². The summed E-state index contributed by atoms with van der Waals surface area (Å²) in [5, 5.41) is 0.642. The van der Waals surface area contributed by atoms with Gasteiger partial charge in [-0.1, -0.05) is 48.0 Å². The molecule has 3 rings (SSSR count). The summed E-state index contributed by atoms with van der Waals surface area (Å²) in [6.45, 7) is 3.13. The first-order valence-electron chi connectivity index (χ1n) is 9.50. The maximum Gasteiger partial charge on any atom is 0.253 e. The van der Waals surface area contributed by atoms with Crippen LogP contribution in [0, 0.1) is 0 Å². The molecule has 0 aromatic heterocycles. The number of hydrogen-bond donors (Lipinski definition) is 0. The molecule has 2 aromatic rings. The summed E-state index contributed by atoms with van der Waals surface area (Å²) in [7, 11) is 1.56. The van der Waals surface area contributed by atoms with E-state index < -0.39 is 0 Å². The minimum atomic E-state index is -0.0116. The van der Waals surface area contributed by atoms with E-state index >= 15 is 0 Å². The van der Waals surface area contributed by atoms with Crippen LogP contribution in [0.3, 0.4) is 0 Å². The second kappa shape index (κ2) is 9.88. The van der Waals surface area contributed by atoms with Crippen molar-refractivity contribution in [2.45, 2.75) is 25.3 Å². The number of carbonyl (C=O) groups excluding carboxylic acids is 1. The van der Waals surface area contributed by atoms with Crippen molar-refractivity contribution in [2.75, 3.05) is 38.3 Å². The molecule has 0 unspecified atom stereocenters. The van der Waals surface area contributed by atoms with Crippen molar-refractivity contribution in [2.24, 2.45) is 0 Å². The van der Waals surface area contributed by atoms with Gasteiger partial charge in [0.15, 0.2) is 0 Å². The van der Waals surface area contributed by atoms with Gasteiger partial charge in [0.05, 0.1) is 0 Å². The largest absolute Gasteiger partial charge is 0.375 e. The van der Waals surface area contributed by atoms with Crippen LogP contribution in [0.15, 0.2) is 54.6 Å². The normalized spacial score (nSPS) is 15.6. The second-order valence-corrected chi connectivity index (χ2v) is 7.42. The molecule has 1 saturated heterocycles. The Kier molecular flexibility index (Phi) is 7.27. The molecule has 0 N–H and O–H groups in total. The highest BCUT2D eigenvalue weighted by Gasteiger charge is 2.29. The minimum Gasteiger partial charge on any atom is -0.375 e. The van der Waals surface area contributed by atoms with Crippen LogP contribution < -0.4 is 4.90 Å². The summed E-state index contributed by atoms with van der Waals surface area (Å²) >= 11 is 6.15. The molecule has 27 heavy (non-hydrogen) atoms. The number of ether oxygens (including phenoxy) is 1. The van der Waals surface area contributed by atoms with Crippen LogP contribution in [0.2, 0.25) is 5.02 Å². The topological polar surface area (TPSA) is 32.8 Å². The zero-order chi connectivity index (χ0) is 19.1. The molecule has 1 aliphatic rings. The fourth-order valence-corrected chi connectivity index (χ4v) is 3.89. The summed E-state index contributed by atoms with van der Waals surface area (Å²) in [6, 6.07) is 18.3. The zero-order valence-electron chi connectivity index (χ0n) is 15.8. The van der Waals surface area contributed by atoms with Crippen LogP contribution in [0.5, 0.6) is 0 Å². The van der Waals surface area contributed by atoms with Crippen molar-refractivity contribution >= 4 is 23.2 Å². The number of benzene rings is 2. The maximum absolute atomic E-state index is 12.7. The van der Waals surface area contributed by atoms with Crippen LogP contribution in [0.1, 0.15) is 18.4 Å². The summed E-state index contributed by atoms with van der Waals surface area (Å²) < 4.78 is 5.10. The van der Waals surface area contributed by atoms with Gasteiger partial charge in [0.25, 0.3) is 5.91 Å². The molecule has 0 atom stereocenters. The third-order valence-electron chi connectivity index (χ3n) is 5.10. The molecule has 1 aliphatic heterocycles. The number of piperidine rings is 1. The second-order valence-electron chi connectivity index (χ2n) is 6.99. The summed E-state index contributed by atoms with van der Waals surface area (Å²) in [5.74, 6) is -0.0116. The van der Waals surface area contributed by atoms with Crippen molar-refractivity contribution in [1.82, 2.24) is 4.90 Å². The summed E-state index contributed by atoms with van der Waals surface area (Å²) in [6.07, 6.45) is 2.97. The van der Waals surface area contributed by atoms with Crippen molar-refractivity contribution < 1.29 is 9.53 Å². The Morgan fingerprint density at radius 1 is 1.15 bits per heavy atom. The number of hydrogen-bond acceptors (Lipinski definition) is 3. The predicted molar refractivity (Wildman–Crippen MR) is 110 cm³/mol. The molecule has 5 heteroatoms. The van der Waals surface area contributed by atoms with Crippen molar-refractivity contribution in [3.8, 4) is 0 Å². The van der Waals surface area contributed by atoms with E-state index in [4.69, 9.17) is 16.3 Å². The van der Waals surface area contributed by atoms with Crippen LogP contribution in [-0.2, 0) is 16.0 Å². The molecule has 144 valence electrons. The number of anilines is 1. The molecule has 0 aliphatic carbocycles. The number of nitrogens with zero attached hydrogens (tertiary/aromatic N) is 2. The van der Waals surface area contributed by atoms with E-state index in [1.165, 1.54) is 5.56 Å². The lowest BCUT2D eigenvalue weighted by Crippen LogP contribution is -2.49. The monoisotopic (exact) mass is 386 g/mol. The molecule has 4 nitrogen and oxygen atoms in total. The number of halogens is 1. The van der Waals surface area contributed by atoms with Crippen LogP contribution in [-0.4, -0.2) is 50.2 Å². The van der Waals surface area contributed by atoms with E-state index in [2.05, 4.69) is 35.2 Å². The lowest BCUT2D eigenvalue weighted by molar-refractivity contribution is -0.122. The Morgan fingerprint density at radius 2 is 1.89 bits per heavy atom. The van der Waals surface area contributed by atoms with Crippen LogP contribution in [0.4, 0.5) is 5.69 Å². The molecule has 2 aromatic carbocycles. The Bertz CT molecular complexity index is 730. The summed E-state index contributed by atoms with van der Waals surface area (Å²) in [5.41, 5.74) is 2.22. The van der Waals surface area contributed by atoms with Gasteiger partial charge in [-0.3, -0.25) is 4.79 Å². The van der Waals surface area contributed by atoms with Gasteiger partial charge in [0, 0.05) is 43.5 Å². The fraction of sp³-hybridized carbons (Fsp3) is 0.409. The molecule has 0 saturated carbocycles. The van der Waals surface area contributed by atoms with E-state index in [1.807, 2.05) is 29.2 Å². The Morgan fingerprint density at radius 3 is 2.56 bits per heavy atom. The van der Waals surface area contributed by atoms with Crippen LogP contribution >= 0.6 is 11.6 Å². The van der Waals surface area contributed by atoms with Gasteiger partial charge < -0.3 is 14.5 Å². The number of rotatable bonds is 7. The zero-order valence-corrected chi connectivity index (χ0v) is 16.6. The van der Waals surface area contributed by atoms with Crippen LogP contribution in [0.25, 0.3) is 0 Å². The highest BCUT2D eigenvalue weighted by Crippen LogP contribution is 2.26. The quantitative estimate of drug-likeness (QED) is 0.720.